The average Bonchev–Trinajstić information content (AvgIpc) is 2.50. The second kappa shape index (κ2) is 3.42. The Balaban J connectivity index is 1.99. The Kier molecular flexibility index (Phi) is 2.04. The largest absolute Gasteiger partial charge is 0.378 e. The number of nitrogens with one attached hydrogen (secondary N) is 1. The zero-order valence-corrected chi connectivity index (χ0v) is 8.66. The van der Waals surface area contributed by atoms with Gasteiger partial charge in [0.05, 0.1) is 17.2 Å². The van der Waals surface area contributed by atoms with Crippen LogP contribution in [0.4, 0.5) is 0 Å². The topological polar surface area (TPSA) is 55.4 Å². The van der Waals surface area contributed by atoms with E-state index in [1.807, 2.05) is 12.1 Å². The van der Waals surface area contributed by atoms with E-state index in [-0.39, 0.29) is 17.9 Å². The summed E-state index contributed by atoms with van der Waals surface area (Å²) in [5.41, 5.74) is 1.93. The van der Waals surface area contributed by atoms with Gasteiger partial charge >= 0.3 is 0 Å². The van der Waals surface area contributed by atoms with E-state index >= 15 is 0 Å². The lowest BCUT2D eigenvalue weighted by molar-refractivity contribution is -0.0492. The van der Waals surface area contributed by atoms with Crippen molar-refractivity contribution in [3.05, 3.63) is 34.9 Å². The van der Waals surface area contributed by atoms with E-state index in [9.17, 15) is 9.59 Å². The Morgan fingerprint density at radius 2 is 2.12 bits per heavy atom. The fourth-order valence-electron chi connectivity index (χ4n) is 2.15. The fourth-order valence-corrected chi connectivity index (χ4v) is 2.15. The minimum Gasteiger partial charge on any atom is -0.378 e. The molecule has 1 atom stereocenters. The van der Waals surface area contributed by atoms with E-state index in [4.69, 9.17) is 4.74 Å². The molecular formula is C12H11NO3. The smallest absolute Gasteiger partial charge is 0.259 e. The molecule has 1 N–H and O–H groups in total. The molecule has 3 rings (SSSR count). The van der Waals surface area contributed by atoms with E-state index in [1.165, 1.54) is 0 Å². The van der Waals surface area contributed by atoms with Crippen LogP contribution in [0.25, 0.3) is 0 Å². The molecule has 1 aromatic carbocycles. The molecule has 4 nitrogen and oxygen atoms in total. The molecule has 0 saturated carbocycles. The first-order valence-electron chi connectivity index (χ1n) is 5.35. The van der Waals surface area contributed by atoms with Gasteiger partial charge in [-0.3, -0.25) is 14.9 Å². The lowest BCUT2D eigenvalue weighted by atomic mass is 9.96. The van der Waals surface area contributed by atoms with Crippen LogP contribution in [0.3, 0.4) is 0 Å². The van der Waals surface area contributed by atoms with Gasteiger partial charge in [-0.25, -0.2) is 0 Å². The van der Waals surface area contributed by atoms with Gasteiger partial charge in [-0.05, 0) is 24.5 Å². The van der Waals surface area contributed by atoms with Crippen LogP contribution < -0.4 is 5.32 Å². The van der Waals surface area contributed by atoms with Crippen molar-refractivity contribution in [3.63, 3.8) is 0 Å². The van der Waals surface area contributed by atoms with E-state index < -0.39 is 0 Å². The van der Waals surface area contributed by atoms with Gasteiger partial charge in [0.25, 0.3) is 11.8 Å². The van der Waals surface area contributed by atoms with Crippen LogP contribution in [0.2, 0.25) is 0 Å². The second-order valence-electron chi connectivity index (χ2n) is 4.11. The van der Waals surface area contributed by atoms with Crippen LogP contribution in [0.1, 0.15) is 32.7 Å². The summed E-state index contributed by atoms with van der Waals surface area (Å²) < 4.78 is 5.34. The third-order valence-electron chi connectivity index (χ3n) is 3.09. The molecule has 16 heavy (non-hydrogen) atoms. The van der Waals surface area contributed by atoms with Crippen LogP contribution in [0.5, 0.6) is 0 Å². The molecule has 0 aliphatic carbocycles. The minimum absolute atomic E-state index is 0.204. The molecule has 0 bridgehead atoms. The van der Waals surface area contributed by atoms with Crippen molar-refractivity contribution in [2.45, 2.75) is 18.9 Å². The first kappa shape index (κ1) is 9.54. The molecule has 0 radical (unpaired) electrons. The summed E-state index contributed by atoms with van der Waals surface area (Å²) >= 11 is 0. The van der Waals surface area contributed by atoms with Gasteiger partial charge in [0.15, 0.2) is 0 Å². The van der Waals surface area contributed by atoms with Gasteiger partial charge < -0.3 is 4.74 Å². The van der Waals surface area contributed by atoms with Crippen molar-refractivity contribution in [2.75, 3.05) is 6.61 Å². The monoisotopic (exact) mass is 217 g/mol. The number of ether oxygens (including phenoxy) is 1. The average molecular weight is 217 g/mol. The number of amides is 2. The van der Waals surface area contributed by atoms with Crippen LogP contribution in [-0.4, -0.2) is 24.5 Å². The number of hydrogen-bond acceptors (Lipinski definition) is 3. The molecule has 4 heteroatoms. The van der Waals surface area contributed by atoms with Crippen molar-refractivity contribution in [1.29, 1.82) is 0 Å². The van der Waals surface area contributed by atoms with Gasteiger partial charge in [0.2, 0.25) is 0 Å². The molecule has 1 fully saturated rings. The molecule has 2 aliphatic rings. The van der Waals surface area contributed by atoms with Crippen LogP contribution >= 0.6 is 0 Å². The normalized spacial score (nSPS) is 22.6. The number of carbonyl (C=O) groups excluding carboxylic acids is 2. The Morgan fingerprint density at radius 1 is 1.31 bits per heavy atom. The van der Waals surface area contributed by atoms with Gasteiger partial charge in [-0.2, -0.15) is 0 Å². The highest BCUT2D eigenvalue weighted by molar-refractivity contribution is 6.22. The summed E-state index contributed by atoms with van der Waals surface area (Å²) in [5.74, 6) is -0.577. The standard InChI is InChI=1S/C12H11NO3/c14-11-9-3-1-2-7(6-8-4-5-16-8)10(9)12(15)13-11/h1-3,8H,4-6H2,(H,13,14,15). The zero-order chi connectivity index (χ0) is 11.1. The molecule has 0 aromatic heterocycles. The Bertz CT molecular complexity index is 477. The number of fused-ring (bicyclic) bond motifs is 1. The van der Waals surface area contributed by atoms with Gasteiger partial charge in [0.1, 0.15) is 0 Å². The highest BCUT2D eigenvalue weighted by Crippen LogP contribution is 2.24. The zero-order valence-electron chi connectivity index (χ0n) is 8.66. The number of hydrogen-bond donors (Lipinski definition) is 1. The van der Waals surface area contributed by atoms with Crippen molar-refractivity contribution in [3.8, 4) is 0 Å². The molecular weight excluding hydrogens is 206 g/mol. The van der Waals surface area contributed by atoms with Gasteiger partial charge in [-0.1, -0.05) is 12.1 Å². The maximum atomic E-state index is 11.6. The fraction of sp³-hybridized carbons (Fsp3) is 0.333. The maximum absolute atomic E-state index is 11.6. The van der Waals surface area contributed by atoms with Crippen molar-refractivity contribution >= 4 is 11.8 Å². The molecule has 2 amide bonds. The summed E-state index contributed by atoms with van der Waals surface area (Å²) in [4.78, 5) is 23.0. The summed E-state index contributed by atoms with van der Waals surface area (Å²) in [6, 6.07) is 5.38. The third-order valence-corrected chi connectivity index (χ3v) is 3.09. The Morgan fingerprint density at radius 3 is 2.81 bits per heavy atom. The first-order valence-corrected chi connectivity index (χ1v) is 5.35. The van der Waals surface area contributed by atoms with E-state index in [1.54, 1.807) is 6.07 Å². The number of benzene rings is 1. The van der Waals surface area contributed by atoms with Gasteiger partial charge in [0, 0.05) is 6.61 Å². The van der Waals surface area contributed by atoms with E-state index in [0.29, 0.717) is 17.5 Å². The predicted octanol–water partition coefficient (Wildman–Crippen LogP) is 0.902. The minimum atomic E-state index is -0.295. The highest BCUT2D eigenvalue weighted by Gasteiger charge is 2.30. The van der Waals surface area contributed by atoms with E-state index in [0.717, 1.165) is 18.6 Å². The number of imide groups is 1. The molecule has 0 spiro atoms. The maximum Gasteiger partial charge on any atom is 0.259 e. The molecule has 1 saturated heterocycles. The SMILES string of the molecule is O=C1NC(=O)c2c(CC3CCO3)cccc21. The van der Waals surface area contributed by atoms with Crippen LogP contribution in [0.15, 0.2) is 18.2 Å². The number of rotatable bonds is 2. The van der Waals surface area contributed by atoms with Crippen molar-refractivity contribution in [2.24, 2.45) is 0 Å². The molecule has 1 aromatic rings. The lowest BCUT2D eigenvalue weighted by Gasteiger charge is -2.26. The Hall–Kier alpha value is -1.68. The third kappa shape index (κ3) is 1.34. The van der Waals surface area contributed by atoms with Crippen molar-refractivity contribution in [1.82, 2.24) is 5.32 Å². The van der Waals surface area contributed by atoms with Crippen LogP contribution in [0, 0.1) is 0 Å². The van der Waals surface area contributed by atoms with Crippen LogP contribution in [-0.2, 0) is 11.2 Å². The summed E-state index contributed by atoms with van der Waals surface area (Å²) in [5, 5.41) is 2.31. The summed E-state index contributed by atoms with van der Waals surface area (Å²) in [6.45, 7) is 0.796. The first-order chi connectivity index (χ1) is 7.75. The molecule has 2 aliphatic heterocycles. The summed E-state index contributed by atoms with van der Waals surface area (Å²) in [6.07, 6.45) is 1.94. The quantitative estimate of drug-likeness (QED) is 0.749. The molecule has 2 heterocycles. The summed E-state index contributed by atoms with van der Waals surface area (Å²) in [7, 11) is 0. The second-order valence-corrected chi connectivity index (χ2v) is 4.11. The molecule has 82 valence electrons. The Labute approximate surface area is 92.6 Å². The van der Waals surface area contributed by atoms with E-state index in [2.05, 4.69) is 5.32 Å². The van der Waals surface area contributed by atoms with Crippen molar-refractivity contribution < 1.29 is 14.3 Å². The highest BCUT2D eigenvalue weighted by atomic mass is 16.5. The molecule has 1 unspecified atom stereocenters. The van der Waals surface area contributed by atoms with Gasteiger partial charge in [-0.15, -0.1) is 0 Å². The lowest BCUT2D eigenvalue weighted by Crippen LogP contribution is -2.29. The number of carbonyl (C=O) groups is 2. The predicted molar refractivity (Wildman–Crippen MR) is 56.3 cm³/mol.